The number of nitrogens with one attached hydrogen (secondary N) is 1. The average molecular weight is 387 g/mol. The Kier molecular flexibility index (Phi) is 4.01. The first-order valence-corrected chi connectivity index (χ1v) is 7.96. The van der Waals surface area contributed by atoms with Gasteiger partial charge in [-0.05, 0) is 52.5 Å². The third-order valence-corrected chi connectivity index (χ3v) is 5.18. The third kappa shape index (κ3) is 2.45. The van der Waals surface area contributed by atoms with Crippen LogP contribution in [0.15, 0.2) is 22.8 Å². The van der Waals surface area contributed by atoms with Crippen LogP contribution in [-0.2, 0) is 13.5 Å². The van der Waals surface area contributed by atoms with Gasteiger partial charge in [0.1, 0.15) is 11.5 Å². The molecule has 116 valence electrons. The zero-order valence-corrected chi connectivity index (χ0v) is 14.1. The second-order valence-electron chi connectivity index (χ2n) is 5.32. The normalized spacial score (nSPS) is 16.7. The molecule has 0 radical (unpaired) electrons. The second-order valence-corrected chi connectivity index (χ2v) is 6.48. The SMILES string of the molecule is Cn1c(Br)c2c(c1C(=O)Nc1ccc(F)c(Cl)c1)CCC2N. The van der Waals surface area contributed by atoms with E-state index < -0.39 is 5.82 Å². The lowest BCUT2D eigenvalue weighted by Gasteiger charge is -2.09. The van der Waals surface area contributed by atoms with Gasteiger partial charge < -0.3 is 15.6 Å². The van der Waals surface area contributed by atoms with E-state index in [1.807, 2.05) is 7.05 Å². The highest BCUT2D eigenvalue weighted by atomic mass is 79.9. The summed E-state index contributed by atoms with van der Waals surface area (Å²) in [6.45, 7) is 0. The highest BCUT2D eigenvalue weighted by Crippen LogP contribution is 2.39. The number of fused-ring (bicyclic) bond motifs is 1. The number of nitrogens with zero attached hydrogens (tertiary/aromatic N) is 1. The van der Waals surface area contributed by atoms with E-state index in [0.29, 0.717) is 11.4 Å². The Morgan fingerprint density at radius 2 is 2.27 bits per heavy atom. The summed E-state index contributed by atoms with van der Waals surface area (Å²) in [5.74, 6) is -0.783. The molecule has 0 aliphatic heterocycles. The number of aromatic nitrogens is 1. The van der Waals surface area contributed by atoms with Crippen molar-refractivity contribution in [2.75, 3.05) is 5.32 Å². The highest BCUT2D eigenvalue weighted by Gasteiger charge is 2.31. The maximum atomic E-state index is 13.2. The van der Waals surface area contributed by atoms with Crippen LogP contribution in [0.25, 0.3) is 0 Å². The standard InChI is InChI=1S/C15H14BrClFN3O/c1-21-13(8-3-5-11(19)12(8)14(21)16)15(22)20-7-2-4-10(18)9(17)6-7/h2,4,6,11H,3,5,19H2,1H3,(H,20,22). The number of carbonyl (C=O) groups is 1. The van der Waals surface area contributed by atoms with Gasteiger partial charge in [0, 0.05) is 24.3 Å². The summed E-state index contributed by atoms with van der Waals surface area (Å²) in [7, 11) is 1.81. The fourth-order valence-electron chi connectivity index (χ4n) is 2.86. The van der Waals surface area contributed by atoms with Crippen molar-refractivity contribution in [3.63, 3.8) is 0 Å². The highest BCUT2D eigenvalue weighted by molar-refractivity contribution is 9.10. The van der Waals surface area contributed by atoms with Crippen LogP contribution >= 0.6 is 27.5 Å². The number of amides is 1. The molecule has 4 nitrogen and oxygen atoms in total. The molecule has 1 aromatic heterocycles. The molecular formula is C15H14BrClFN3O. The summed E-state index contributed by atoms with van der Waals surface area (Å²) in [5, 5.41) is 2.72. The van der Waals surface area contributed by atoms with E-state index in [9.17, 15) is 9.18 Å². The van der Waals surface area contributed by atoms with E-state index in [4.69, 9.17) is 17.3 Å². The van der Waals surface area contributed by atoms with Gasteiger partial charge in [0.05, 0.1) is 9.63 Å². The smallest absolute Gasteiger partial charge is 0.272 e. The lowest BCUT2D eigenvalue weighted by molar-refractivity contribution is 0.101. The Bertz CT molecular complexity index is 775. The fraction of sp³-hybridized carbons (Fsp3) is 0.267. The third-order valence-electron chi connectivity index (χ3n) is 3.93. The van der Waals surface area contributed by atoms with Gasteiger partial charge in [-0.3, -0.25) is 4.79 Å². The number of halogens is 3. The topological polar surface area (TPSA) is 60.0 Å². The van der Waals surface area contributed by atoms with Crippen LogP contribution in [0.2, 0.25) is 5.02 Å². The van der Waals surface area contributed by atoms with E-state index in [0.717, 1.165) is 28.6 Å². The van der Waals surface area contributed by atoms with Crippen molar-refractivity contribution in [3.8, 4) is 0 Å². The minimum atomic E-state index is -0.520. The van der Waals surface area contributed by atoms with E-state index in [-0.39, 0.29) is 17.0 Å². The number of nitrogens with two attached hydrogens (primary N) is 1. The molecule has 3 rings (SSSR count). The van der Waals surface area contributed by atoms with Crippen molar-refractivity contribution in [1.29, 1.82) is 0 Å². The Morgan fingerprint density at radius 1 is 1.55 bits per heavy atom. The molecule has 2 aromatic rings. The van der Waals surface area contributed by atoms with Crippen LogP contribution in [0.1, 0.15) is 34.1 Å². The summed E-state index contributed by atoms with van der Waals surface area (Å²) < 4.78 is 15.8. The molecule has 1 unspecified atom stereocenters. The van der Waals surface area contributed by atoms with Crippen LogP contribution in [0, 0.1) is 5.82 Å². The Hall–Kier alpha value is -1.37. The number of rotatable bonds is 2. The molecule has 0 spiro atoms. The molecular weight excluding hydrogens is 373 g/mol. The van der Waals surface area contributed by atoms with Crippen LogP contribution < -0.4 is 11.1 Å². The largest absolute Gasteiger partial charge is 0.334 e. The van der Waals surface area contributed by atoms with Crippen molar-refractivity contribution in [2.24, 2.45) is 12.8 Å². The molecule has 0 saturated carbocycles. The summed E-state index contributed by atoms with van der Waals surface area (Å²) in [5.41, 5.74) is 9.05. The monoisotopic (exact) mass is 385 g/mol. The van der Waals surface area contributed by atoms with E-state index in [1.54, 1.807) is 4.57 Å². The van der Waals surface area contributed by atoms with Gasteiger partial charge in [0.2, 0.25) is 0 Å². The van der Waals surface area contributed by atoms with Gasteiger partial charge in [-0.2, -0.15) is 0 Å². The van der Waals surface area contributed by atoms with Crippen molar-refractivity contribution in [3.05, 3.63) is 50.5 Å². The van der Waals surface area contributed by atoms with Gasteiger partial charge in [-0.1, -0.05) is 11.6 Å². The van der Waals surface area contributed by atoms with Gasteiger partial charge in [0.25, 0.3) is 5.91 Å². The van der Waals surface area contributed by atoms with E-state index in [2.05, 4.69) is 21.2 Å². The molecule has 3 N–H and O–H groups in total. The predicted molar refractivity (Wildman–Crippen MR) is 87.7 cm³/mol. The summed E-state index contributed by atoms with van der Waals surface area (Å²) in [6.07, 6.45) is 1.59. The Labute approximate surface area is 140 Å². The number of hydrogen-bond donors (Lipinski definition) is 2. The maximum Gasteiger partial charge on any atom is 0.272 e. The van der Waals surface area contributed by atoms with Gasteiger partial charge in [-0.25, -0.2) is 4.39 Å². The number of benzene rings is 1. The Morgan fingerprint density at radius 3 is 2.95 bits per heavy atom. The number of carbonyl (C=O) groups excluding carboxylic acids is 1. The molecule has 0 saturated heterocycles. The van der Waals surface area contributed by atoms with Crippen LogP contribution in [0.3, 0.4) is 0 Å². The molecule has 0 bridgehead atoms. The molecule has 1 amide bonds. The van der Waals surface area contributed by atoms with Crippen LogP contribution in [0.4, 0.5) is 10.1 Å². The van der Waals surface area contributed by atoms with Gasteiger partial charge in [-0.15, -0.1) is 0 Å². The zero-order valence-electron chi connectivity index (χ0n) is 11.8. The lowest BCUT2D eigenvalue weighted by Crippen LogP contribution is -2.17. The molecule has 0 fully saturated rings. The molecule has 1 heterocycles. The van der Waals surface area contributed by atoms with Gasteiger partial charge >= 0.3 is 0 Å². The number of anilines is 1. The fourth-order valence-corrected chi connectivity index (χ4v) is 3.75. The van der Waals surface area contributed by atoms with Crippen molar-refractivity contribution in [1.82, 2.24) is 4.57 Å². The first-order valence-electron chi connectivity index (χ1n) is 6.79. The summed E-state index contributed by atoms with van der Waals surface area (Å²) in [4.78, 5) is 12.6. The predicted octanol–water partition coefficient (Wildman–Crippen LogP) is 3.78. The average Bonchev–Trinajstić information content (AvgIpc) is 2.95. The minimum Gasteiger partial charge on any atom is -0.334 e. The van der Waals surface area contributed by atoms with Crippen molar-refractivity contribution < 1.29 is 9.18 Å². The molecule has 1 aliphatic carbocycles. The molecule has 22 heavy (non-hydrogen) atoms. The van der Waals surface area contributed by atoms with Crippen molar-refractivity contribution in [2.45, 2.75) is 18.9 Å². The Balaban J connectivity index is 1.95. The van der Waals surface area contributed by atoms with E-state index >= 15 is 0 Å². The number of hydrogen-bond acceptors (Lipinski definition) is 2. The first-order chi connectivity index (χ1) is 10.4. The van der Waals surface area contributed by atoms with Crippen LogP contribution in [0.5, 0.6) is 0 Å². The minimum absolute atomic E-state index is 0.0295. The summed E-state index contributed by atoms with van der Waals surface area (Å²) >= 11 is 9.24. The first kappa shape index (κ1) is 15.5. The maximum absolute atomic E-state index is 13.2. The van der Waals surface area contributed by atoms with E-state index in [1.165, 1.54) is 18.2 Å². The molecule has 1 atom stereocenters. The quantitative estimate of drug-likeness (QED) is 0.825. The lowest BCUT2D eigenvalue weighted by atomic mass is 10.1. The van der Waals surface area contributed by atoms with Crippen molar-refractivity contribution >= 4 is 39.1 Å². The zero-order chi connectivity index (χ0) is 16.0. The second kappa shape index (κ2) is 5.68. The molecule has 1 aromatic carbocycles. The summed E-state index contributed by atoms with van der Waals surface area (Å²) in [6, 6.07) is 4.03. The molecule has 7 heteroatoms. The van der Waals surface area contributed by atoms with Crippen LogP contribution in [-0.4, -0.2) is 10.5 Å². The van der Waals surface area contributed by atoms with Gasteiger partial charge in [0.15, 0.2) is 0 Å². The molecule has 1 aliphatic rings.